The van der Waals surface area contributed by atoms with Gasteiger partial charge in [-0.1, -0.05) is 74.5 Å². The summed E-state index contributed by atoms with van der Waals surface area (Å²) < 4.78 is 58.3. The molecule has 0 saturated heterocycles. The molecule has 0 saturated carbocycles. The lowest BCUT2D eigenvalue weighted by molar-refractivity contribution is 0.597. The smallest absolute Gasteiger partial charge is 0.262 e. The van der Waals surface area contributed by atoms with Crippen LogP contribution in [0.2, 0.25) is 0 Å². The topological polar surface area (TPSA) is 92.3 Å². The van der Waals surface area contributed by atoms with Crippen LogP contribution < -0.4 is 9.44 Å². The van der Waals surface area contributed by atoms with E-state index in [2.05, 4.69) is 9.44 Å². The van der Waals surface area contributed by atoms with Crippen molar-refractivity contribution in [2.24, 2.45) is 0 Å². The van der Waals surface area contributed by atoms with Gasteiger partial charge in [-0.05, 0) is 84.3 Å². The number of benzene rings is 4. The molecule has 0 amide bonds. The molecule has 6 nitrogen and oxygen atoms in total. The van der Waals surface area contributed by atoms with Crippen molar-refractivity contribution in [2.45, 2.75) is 49.3 Å². The van der Waals surface area contributed by atoms with Crippen LogP contribution in [-0.2, 0) is 45.7 Å². The number of hydrogen-bond acceptors (Lipinski definition) is 4. The van der Waals surface area contributed by atoms with Crippen LogP contribution >= 0.6 is 0 Å². The highest BCUT2D eigenvalue weighted by Crippen LogP contribution is 2.25. The third-order valence-electron chi connectivity index (χ3n) is 6.42. The first kappa shape index (κ1) is 27.4. The van der Waals surface area contributed by atoms with Gasteiger partial charge in [0, 0.05) is 11.4 Å². The van der Waals surface area contributed by atoms with Crippen LogP contribution in [-0.4, -0.2) is 16.8 Å². The van der Waals surface area contributed by atoms with Gasteiger partial charge in [0.15, 0.2) is 0 Å². The molecular formula is C30H32N2O4S2. The van der Waals surface area contributed by atoms with Gasteiger partial charge in [-0.25, -0.2) is 16.8 Å². The number of rotatable bonds is 11. The van der Waals surface area contributed by atoms with E-state index in [1.807, 2.05) is 38.1 Å². The van der Waals surface area contributed by atoms with Crippen molar-refractivity contribution in [1.29, 1.82) is 0 Å². The summed E-state index contributed by atoms with van der Waals surface area (Å²) in [6.07, 6.45) is 2.44. The molecule has 0 atom stereocenters. The van der Waals surface area contributed by atoms with Gasteiger partial charge in [-0.15, -0.1) is 0 Å². The number of sulfonamides is 2. The Morgan fingerprint density at radius 3 is 1.18 bits per heavy atom. The fourth-order valence-electron chi connectivity index (χ4n) is 4.25. The summed E-state index contributed by atoms with van der Waals surface area (Å²) in [5, 5.41) is 0. The predicted molar refractivity (Wildman–Crippen MR) is 154 cm³/mol. The van der Waals surface area contributed by atoms with Crippen LogP contribution in [0.15, 0.2) is 107 Å². The molecule has 4 aromatic carbocycles. The van der Waals surface area contributed by atoms with Gasteiger partial charge in [0.05, 0.1) is 9.79 Å². The highest BCUT2D eigenvalue weighted by Gasteiger charge is 2.21. The molecule has 0 unspecified atom stereocenters. The lowest BCUT2D eigenvalue weighted by atomic mass is 10.0. The van der Waals surface area contributed by atoms with Crippen molar-refractivity contribution in [3.8, 4) is 0 Å². The first-order valence-corrected chi connectivity index (χ1v) is 15.6. The summed E-state index contributed by atoms with van der Waals surface area (Å²) >= 11 is 0. The zero-order chi connectivity index (χ0) is 27.2. The van der Waals surface area contributed by atoms with E-state index in [0.717, 1.165) is 24.0 Å². The summed E-state index contributed by atoms with van der Waals surface area (Å²) in [5.41, 5.74) is 4.45. The Balaban J connectivity index is 1.55. The van der Waals surface area contributed by atoms with E-state index in [9.17, 15) is 16.8 Å². The maximum atomic E-state index is 13.2. The quantitative estimate of drug-likeness (QED) is 0.233. The molecule has 8 heteroatoms. The summed E-state index contributed by atoms with van der Waals surface area (Å²) in [6.45, 7) is 4.08. The summed E-state index contributed by atoms with van der Waals surface area (Å²) in [5.74, 6) is 0. The van der Waals surface area contributed by atoms with Gasteiger partial charge in [-0.2, -0.15) is 0 Å². The fraction of sp³-hybridized carbons (Fsp3) is 0.200. The van der Waals surface area contributed by atoms with Crippen molar-refractivity contribution in [3.63, 3.8) is 0 Å². The van der Waals surface area contributed by atoms with Crippen LogP contribution in [0.3, 0.4) is 0 Å². The van der Waals surface area contributed by atoms with Crippen LogP contribution in [0.4, 0.5) is 11.4 Å². The van der Waals surface area contributed by atoms with Crippen molar-refractivity contribution in [2.75, 3.05) is 9.44 Å². The molecule has 0 aromatic heterocycles. The molecule has 0 spiro atoms. The van der Waals surface area contributed by atoms with Gasteiger partial charge >= 0.3 is 0 Å². The largest absolute Gasteiger partial charge is 0.280 e. The van der Waals surface area contributed by atoms with Crippen molar-refractivity contribution >= 4 is 31.4 Å². The Bertz CT molecular complexity index is 1470. The molecule has 38 heavy (non-hydrogen) atoms. The van der Waals surface area contributed by atoms with Crippen LogP contribution in [0, 0.1) is 0 Å². The normalized spacial score (nSPS) is 11.7. The Hall–Kier alpha value is -3.62. The standard InChI is InChI=1S/C30H32N2O4S2/c1-3-23-13-19-27(20-14-23)31-37(33,34)29-11-7-5-9-25(29)17-18-26-10-6-8-12-30(26)38(35,36)32-28-21-15-24(4-2)16-22-28/h5-16,19-22,31-32H,3-4,17-18H2,1-2H3. The molecule has 0 aliphatic heterocycles. The van der Waals surface area contributed by atoms with Gasteiger partial charge < -0.3 is 0 Å². The molecule has 2 N–H and O–H groups in total. The molecule has 4 aromatic rings. The summed E-state index contributed by atoms with van der Waals surface area (Å²) in [4.78, 5) is 0.350. The van der Waals surface area contributed by atoms with E-state index in [1.54, 1.807) is 72.8 Å². The number of nitrogens with one attached hydrogen (secondary N) is 2. The van der Waals surface area contributed by atoms with E-state index in [-0.39, 0.29) is 9.79 Å². The molecule has 0 aliphatic carbocycles. The number of hydrogen-bond donors (Lipinski definition) is 2. The fourth-order valence-corrected chi connectivity index (χ4v) is 6.91. The zero-order valence-corrected chi connectivity index (χ0v) is 23.1. The first-order valence-electron chi connectivity index (χ1n) is 12.6. The second kappa shape index (κ2) is 11.8. The van der Waals surface area contributed by atoms with Gasteiger partial charge in [0.25, 0.3) is 20.0 Å². The third-order valence-corrected chi connectivity index (χ3v) is 9.38. The maximum Gasteiger partial charge on any atom is 0.262 e. The molecule has 198 valence electrons. The van der Waals surface area contributed by atoms with Gasteiger partial charge in [0.1, 0.15) is 0 Å². The molecule has 0 radical (unpaired) electrons. The van der Waals surface area contributed by atoms with Gasteiger partial charge in [-0.3, -0.25) is 9.44 Å². The average Bonchev–Trinajstić information content (AvgIpc) is 2.92. The lowest BCUT2D eigenvalue weighted by Crippen LogP contribution is -2.16. The Kier molecular flexibility index (Phi) is 8.54. The van der Waals surface area contributed by atoms with Gasteiger partial charge in [0.2, 0.25) is 0 Å². The second-order valence-corrected chi connectivity index (χ2v) is 12.3. The number of anilines is 2. The Labute approximate surface area is 225 Å². The minimum Gasteiger partial charge on any atom is -0.280 e. The highest BCUT2D eigenvalue weighted by atomic mass is 32.2. The second-order valence-electron chi connectivity index (χ2n) is 9.03. The molecule has 0 heterocycles. The molecule has 4 rings (SSSR count). The first-order chi connectivity index (χ1) is 18.2. The predicted octanol–water partition coefficient (Wildman–Crippen LogP) is 6.20. The average molecular weight is 549 g/mol. The van der Waals surface area contributed by atoms with Crippen molar-refractivity contribution < 1.29 is 16.8 Å². The van der Waals surface area contributed by atoms with E-state index < -0.39 is 20.0 Å². The van der Waals surface area contributed by atoms with E-state index in [4.69, 9.17) is 0 Å². The van der Waals surface area contributed by atoms with Crippen LogP contribution in [0.5, 0.6) is 0 Å². The SMILES string of the molecule is CCc1ccc(NS(=O)(=O)c2ccccc2CCc2ccccc2S(=O)(=O)Nc2ccc(CC)cc2)cc1. The Morgan fingerprint density at radius 2 is 0.842 bits per heavy atom. The van der Waals surface area contributed by atoms with Crippen molar-refractivity contribution in [1.82, 2.24) is 0 Å². The molecule has 0 fully saturated rings. The molecule has 0 aliphatic rings. The molecular weight excluding hydrogens is 516 g/mol. The Morgan fingerprint density at radius 1 is 0.500 bits per heavy atom. The lowest BCUT2D eigenvalue weighted by Gasteiger charge is -2.15. The third kappa shape index (κ3) is 6.62. The van der Waals surface area contributed by atoms with Crippen molar-refractivity contribution in [3.05, 3.63) is 119 Å². The van der Waals surface area contributed by atoms with Crippen LogP contribution in [0.25, 0.3) is 0 Å². The van der Waals surface area contributed by atoms with E-state index >= 15 is 0 Å². The zero-order valence-electron chi connectivity index (χ0n) is 21.5. The monoisotopic (exact) mass is 548 g/mol. The summed E-state index contributed by atoms with van der Waals surface area (Å²) in [6, 6.07) is 28.2. The summed E-state index contributed by atoms with van der Waals surface area (Å²) in [7, 11) is -7.67. The van der Waals surface area contributed by atoms with Crippen LogP contribution in [0.1, 0.15) is 36.1 Å². The maximum absolute atomic E-state index is 13.2. The number of aryl methyl sites for hydroxylation is 4. The van der Waals surface area contributed by atoms with E-state index in [0.29, 0.717) is 35.3 Å². The molecule has 0 bridgehead atoms. The highest BCUT2D eigenvalue weighted by molar-refractivity contribution is 7.93. The minimum atomic E-state index is -3.83. The van der Waals surface area contributed by atoms with E-state index in [1.165, 1.54) is 0 Å². The minimum absolute atomic E-state index is 0.175.